The minimum Gasteiger partial charge on any atom is -0.324 e. The average molecular weight is 533 g/mol. The van der Waals surface area contributed by atoms with Gasteiger partial charge in [-0.25, -0.2) is 18.1 Å². The highest BCUT2D eigenvalue weighted by molar-refractivity contribution is 9.10. The van der Waals surface area contributed by atoms with Crippen molar-refractivity contribution in [2.45, 2.75) is 25.3 Å². The third-order valence-electron chi connectivity index (χ3n) is 5.07. The molecule has 4 aromatic rings. The van der Waals surface area contributed by atoms with E-state index in [1.807, 2.05) is 29.7 Å². The summed E-state index contributed by atoms with van der Waals surface area (Å²) in [5, 5.41) is 0.610. The molecule has 1 N–H and O–H groups in total. The number of amides is 1. The molecule has 9 heteroatoms. The van der Waals surface area contributed by atoms with Crippen LogP contribution in [0, 0.1) is 13.8 Å². The minimum atomic E-state index is -3.99. The summed E-state index contributed by atoms with van der Waals surface area (Å²) in [6, 6.07) is 16.9. The van der Waals surface area contributed by atoms with Gasteiger partial charge in [0.2, 0.25) is 0 Å². The molecule has 32 heavy (non-hydrogen) atoms. The molecule has 1 aromatic heterocycles. The zero-order chi connectivity index (χ0) is 23.0. The molecule has 0 fully saturated rings. The summed E-state index contributed by atoms with van der Waals surface area (Å²) in [6.45, 7) is 4.12. The van der Waals surface area contributed by atoms with Gasteiger partial charge < -0.3 is 4.57 Å². The minimum absolute atomic E-state index is 0.0395. The predicted molar refractivity (Wildman–Crippen MR) is 129 cm³/mol. The number of hydrogen-bond acceptors (Lipinski definition) is 4. The van der Waals surface area contributed by atoms with Crippen molar-refractivity contribution in [3.05, 3.63) is 92.7 Å². The summed E-state index contributed by atoms with van der Waals surface area (Å²) >= 11 is 9.78. The second-order valence-electron chi connectivity index (χ2n) is 7.44. The summed E-state index contributed by atoms with van der Waals surface area (Å²) < 4.78 is 30.3. The maximum Gasteiger partial charge on any atom is 0.265 e. The Hall–Kier alpha value is -2.68. The number of imidazole rings is 1. The number of aryl methyl sites for hydroxylation is 2. The largest absolute Gasteiger partial charge is 0.324 e. The molecular weight excluding hydrogens is 514 g/mol. The summed E-state index contributed by atoms with van der Waals surface area (Å²) in [7, 11) is -3.99. The predicted octanol–water partition coefficient (Wildman–Crippen LogP) is 5.24. The zero-order valence-electron chi connectivity index (χ0n) is 17.3. The highest BCUT2D eigenvalue weighted by atomic mass is 79.9. The van der Waals surface area contributed by atoms with Crippen molar-refractivity contribution in [2.24, 2.45) is 0 Å². The molecule has 0 aliphatic carbocycles. The molecular formula is C23H19BrClN3O3S. The molecule has 0 aliphatic rings. The molecule has 0 saturated carbocycles. The number of nitrogens with zero attached hydrogens (tertiary/aromatic N) is 2. The molecule has 3 aromatic carbocycles. The van der Waals surface area contributed by atoms with Gasteiger partial charge in [-0.1, -0.05) is 45.7 Å². The van der Waals surface area contributed by atoms with Gasteiger partial charge in [0.15, 0.2) is 0 Å². The third-order valence-corrected chi connectivity index (χ3v) is 7.25. The smallest absolute Gasteiger partial charge is 0.265 e. The van der Waals surface area contributed by atoms with E-state index in [1.165, 1.54) is 12.1 Å². The van der Waals surface area contributed by atoms with Crippen LogP contribution in [0.15, 0.2) is 70.0 Å². The lowest BCUT2D eigenvalue weighted by molar-refractivity contribution is 0.0981. The number of nitrogens with one attached hydrogen (secondary N) is 1. The number of aromatic nitrogens is 2. The SMILES string of the molecule is Cc1cccc(S(=O)(=O)NC(=O)c2ccc3nc(C)n(Cc4ccc(Br)cc4Cl)c3c2)c1. The fourth-order valence-corrected chi connectivity index (χ4v) is 5.24. The highest BCUT2D eigenvalue weighted by Gasteiger charge is 2.20. The van der Waals surface area contributed by atoms with Crippen LogP contribution in [-0.2, 0) is 16.6 Å². The summed E-state index contributed by atoms with van der Waals surface area (Å²) in [4.78, 5) is 17.4. The third kappa shape index (κ3) is 4.57. The summed E-state index contributed by atoms with van der Waals surface area (Å²) in [5.74, 6) is 0.0457. The Kier molecular flexibility index (Phi) is 6.11. The maximum absolute atomic E-state index is 12.8. The van der Waals surface area contributed by atoms with Crippen LogP contribution in [0.1, 0.15) is 27.3 Å². The van der Waals surface area contributed by atoms with E-state index in [9.17, 15) is 13.2 Å². The second-order valence-corrected chi connectivity index (χ2v) is 10.4. The molecule has 0 bridgehead atoms. The number of carbonyl (C=O) groups excluding carboxylic acids is 1. The lowest BCUT2D eigenvalue weighted by Gasteiger charge is -2.11. The monoisotopic (exact) mass is 531 g/mol. The van der Waals surface area contributed by atoms with Crippen molar-refractivity contribution in [1.82, 2.24) is 14.3 Å². The molecule has 0 radical (unpaired) electrons. The van der Waals surface area contributed by atoms with Crippen molar-refractivity contribution in [1.29, 1.82) is 0 Å². The van der Waals surface area contributed by atoms with E-state index in [0.717, 1.165) is 21.4 Å². The highest BCUT2D eigenvalue weighted by Crippen LogP contribution is 2.25. The van der Waals surface area contributed by atoms with Crippen LogP contribution in [0.2, 0.25) is 5.02 Å². The summed E-state index contributed by atoms with van der Waals surface area (Å²) in [5.41, 5.74) is 3.31. The average Bonchev–Trinajstić information content (AvgIpc) is 3.04. The van der Waals surface area contributed by atoms with Crippen molar-refractivity contribution >= 4 is 54.5 Å². The Morgan fingerprint density at radius 3 is 2.59 bits per heavy atom. The Bertz CT molecular complexity index is 1460. The Labute approximate surface area is 199 Å². The van der Waals surface area contributed by atoms with Crippen LogP contribution in [0.4, 0.5) is 0 Å². The number of rotatable bonds is 5. The summed E-state index contributed by atoms with van der Waals surface area (Å²) in [6.07, 6.45) is 0. The molecule has 0 spiro atoms. The topological polar surface area (TPSA) is 81.1 Å². The molecule has 0 saturated heterocycles. The molecule has 6 nitrogen and oxygen atoms in total. The zero-order valence-corrected chi connectivity index (χ0v) is 20.4. The van der Waals surface area contributed by atoms with E-state index in [1.54, 1.807) is 37.3 Å². The number of fused-ring (bicyclic) bond motifs is 1. The van der Waals surface area contributed by atoms with E-state index in [0.29, 0.717) is 22.6 Å². The van der Waals surface area contributed by atoms with Gasteiger partial charge in [-0.05, 0) is 67.4 Å². The van der Waals surface area contributed by atoms with Crippen molar-refractivity contribution < 1.29 is 13.2 Å². The lowest BCUT2D eigenvalue weighted by Crippen LogP contribution is -2.30. The fraction of sp³-hybridized carbons (Fsp3) is 0.130. The van der Waals surface area contributed by atoms with Gasteiger partial charge in [0.1, 0.15) is 5.82 Å². The molecule has 4 rings (SSSR count). The lowest BCUT2D eigenvalue weighted by atomic mass is 10.2. The first-order valence-corrected chi connectivity index (χ1v) is 12.3. The Morgan fingerprint density at radius 1 is 1.09 bits per heavy atom. The maximum atomic E-state index is 12.8. The Morgan fingerprint density at radius 2 is 1.88 bits per heavy atom. The first-order valence-electron chi connectivity index (χ1n) is 9.69. The van der Waals surface area contributed by atoms with Crippen LogP contribution < -0.4 is 4.72 Å². The number of carbonyl (C=O) groups is 1. The number of sulfonamides is 1. The van der Waals surface area contributed by atoms with E-state index >= 15 is 0 Å². The number of hydrogen-bond donors (Lipinski definition) is 1. The van der Waals surface area contributed by atoms with Gasteiger partial charge in [-0.3, -0.25) is 4.79 Å². The molecule has 164 valence electrons. The normalized spacial score (nSPS) is 11.6. The van der Waals surface area contributed by atoms with Crippen LogP contribution in [0.3, 0.4) is 0 Å². The van der Waals surface area contributed by atoms with Crippen LogP contribution in [0.5, 0.6) is 0 Å². The van der Waals surface area contributed by atoms with Crippen LogP contribution >= 0.6 is 27.5 Å². The van der Waals surface area contributed by atoms with E-state index in [-0.39, 0.29) is 10.5 Å². The fourth-order valence-electron chi connectivity index (χ4n) is 3.43. The standard InChI is InChI=1S/C23H19BrClN3O3S/c1-14-4-3-5-19(10-14)32(30,31)27-23(29)16-7-9-21-22(11-16)28(15(2)26-21)13-17-6-8-18(24)12-20(17)25/h3-12H,13H2,1-2H3,(H,27,29). The van der Waals surface area contributed by atoms with E-state index in [4.69, 9.17) is 11.6 Å². The first kappa shape index (κ1) is 22.5. The van der Waals surface area contributed by atoms with Gasteiger partial charge >= 0.3 is 0 Å². The van der Waals surface area contributed by atoms with Crippen molar-refractivity contribution in [3.63, 3.8) is 0 Å². The van der Waals surface area contributed by atoms with Gasteiger partial charge in [-0.2, -0.15) is 0 Å². The van der Waals surface area contributed by atoms with E-state index in [2.05, 4.69) is 25.6 Å². The molecule has 0 aliphatic heterocycles. The molecule has 1 amide bonds. The number of halogens is 2. The van der Waals surface area contributed by atoms with Crippen molar-refractivity contribution in [2.75, 3.05) is 0 Å². The van der Waals surface area contributed by atoms with Gasteiger partial charge in [0.05, 0.1) is 22.5 Å². The quantitative estimate of drug-likeness (QED) is 0.381. The second kappa shape index (κ2) is 8.69. The van der Waals surface area contributed by atoms with Crippen LogP contribution in [-0.4, -0.2) is 23.9 Å². The van der Waals surface area contributed by atoms with Gasteiger partial charge in [0.25, 0.3) is 15.9 Å². The van der Waals surface area contributed by atoms with Crippen LogP contribution in [0.25, 0.3) is 11.0 Å². The molecule has 1 heterocycles. The van der Waals surface area contributed by atoms with Crippen molar-refractivity contribution in [3.8, 4) is 0 Å². The number of benzene rings is 3. The first-order chi connectivity index (χ1) is 15.1. The van der Waals surface area contributed by atoms with Gasteiger partial charge in [-0.15, -0.1) is 0 Å². The Balaban J connectivity index is 1.67. The van der Waals surface area contributed by atoms with E-state index < -0.39 is 15.9 Å². The van der Waals surface area contributed by atoms with Gasteiger partial charge in [0, 0.05) is 15.1 Å². The molecule has 0 atom stereocenters. The molecule has 0 unspecified atom stereocenters.